The highest BCUT2D eigenvalue weighted by molar-refractivity contribution is 7.21. The van der Waals surface area contributed by atoms with Crippen molar-refractivity contribution in [1.29, 1.82) is 0 Å². The maximum Gasteiger partial charge on any atom is 0.267 e. The summed E-state index contributed by atoms with van der Waals surface area (Å²) in [6.07, 6.45) is 0. The molecular weight excluding hydrogens is 467 g/mol. The smallest absolute Gasteiger partial charge is 0.267 e. The third-order valence-electron chi connectivity index (χ3n) is 5.08. The molecule has 1 amide bonds. The number of thiophene rings is 1. The lowest BCUT2D eigenvalue weighted by molar-refractivity contribution is 0.103. The van der Waals surface area contributed by atoms with E-state index in [0.717, 1.165) is 15.6 Å². The van der Waals surface area contributed by atoms with Gasteiger partial charge in [0.2, 0.25) is 0 Å². The number of halogens is 2. The van der Waals surface area contributed by atoms with Crippen molar-refractivity contribution in [3.63, 3.8) is 0 Å². The summed E-state index contributed by atoms with van der Waals surface area (Å²) in [5.41, 5.74) is 3.55. The summed E-state index contributed by atoms with van der Waals surface area (Å²) in [5.74, 6) is 0.320. The predicted octanol–water partition coefficient (Wildman–Crippen LogP) is 6.51. The van der Waals surface area contributed by atoms with Gasteiger partial charge in [-0.25, -0.2) is 0 Å². The topological polar surface area (TPSA) is 69.0 Å². The highest BCUT2D eigenvalue weighted by Gasteiger charge is 2.18. The molecule has 5 aromatic rings. The molecular formula is C23H16Cl2N4O2S. The number of ether oxygens (including phenoxy) is 1. The number of nitrogens with zero attached hydrogens (tertiary/aromatic N) is 3. The fraction of sp³-hybridized carbons (Fsp3) is 0.0870. The van der Waals surface area contributed by atoms with Crippen LogP contribution in [0.5, 0.6) is 5.75 Å². The standard InChI is InChI=1S/C23H16Cl2N4O2S/c1-12-9-17-18(28-29(27-17)13-7-8-19(31-2)15(24)10-13)11-16(12)26-23(30)22-21(25)14-5-3-4-6-20(14)32-22/h3-11H,1-2H3,(H,26,30). The number of aromatic nitrogens is 3. The number of fused-ring (bicyclic) bond motifs is 2. The van der Waals surface area contributed by atoms with E-state index in [4.69, 9.17) is 27.9 Å². The summed E-state index contributed by atoms with van der Waals surface area (Å²) in [6.45, 7) is 1.91. The van der Waals surface area contributed by atoms with E-state index < -0.39 is 0 Å². The second kappa shape index (κ2) is 8.09. The van der Waals surface area contributed by atoms with Gasteiger partial charge in [-0.15, -0.1) is 21.5 Å². The second-order valence-electron chi connectivity index (χ2n) is 7.16. The second-order valence-corrected chi connectivity index (χ2v) is 9.00. The molecule has 2 aromatic heterocycles. The molecule has 0 aliphatic carbocycles. The monoisotopic (exact) mass is 482 g/mol. The number of rotatable bonds is 4. The van der Waals surface area contributed by atoms with Crippen molar-refractivity contribution < 1.29 is 9.53 Å². The van der Waals surface area contributed by atoms with Gasteiger partial charge >= 0.3 is 0 Å². The van der Waals surface area contributed by atoms with Crippen molar-refractivity contribution in [1.82, 2.24) is 15.0 Å². The van der Waals surface area contributed by atoms with Gasteiger partial charge in [-0.05, 0) is 48.9 Å². The molecule has 160 valence electrons. The third kappa shape index (κ3) is 3.58. The van der Waals surface area contributed by atoms with Crippen LogP contribution in [-0.4, -0.2) is 28.0 Å². The molecule has 0 aliphatic heterocycles. The van der Waals surface area contributed by atoms with Gasteiger partial charge in [0.05, 0.1) is 22.8 Å². The van der Waals surface area contributed by atoms with Crippen molar-refractivity contribution in [2.24, 2.45) is 0 Å². The highest BCUT2D eigenvalue weighted by atomic mass is 35.5. The summed E-state index contributed by atoms with van der Waals surface area (Å²) in [6, 6.07) is 16.7. The molecule has 0 saturated carbocycles. The first-order valence-electron chi connectivity index (χ1n) is 9.64. The highest BCUT2D eigenvalue weighted by Crippen LogP contribution is 2.36. The predicted molar refractivity (Wildman–Crippen MR) is 130 cm³/mol. The molecule has 0 bridgehead atoms. The Bertz CT molecular complexity index is 1510. The summed E-state index contributed by atoms with van der Waals surface area (Å²) in [4.78, 5) is 14.9. The van der Waals surface area contributed by atoms with Crippen LogP contribution in [0.3, 0.4) is 0 Å². The summed E-state index contributed by atoms with van der Waals surface area (Å²) >= 11 is 14.1. The Morgan fingerprint density at radius 3 is 2.53 bits per heavy atom. The van der Waals surface area contributed by atoms with Crippen LogP contribution in [0.15, 0.2) is 54.6 Å². The molecule has 9 heteroatoms. The maximum absolute atomic E-state index is 13.0. The fourth-order valence-corrected chi connectivity index (χ4v) is 5.10. The normalized spacial score (nSPS) is 11.2. The van der Waals surface area contributed by atoms with Crippen molar-refractivity contribution >= 4 is 67.3 Å². The Labute approximate surface area is 197 Å². The van der Waals surface area contributed by atoms with Crippen LogP contribution in [0.2, 0.25) is 10.0 Å². The molecule has 3 aromatic carbocycles. The van der Waals surface area contributed by atoms with Gasteiger partial charge in [-0.3, -0.25) is 4.79 Å². The first-order chi connectivity index (χ1) is 15.4. The lowest BCUT2D eigenvalue weighted by atomic mass is 10.1. The average molecular weight is 483 g/mol. The van der Waals surface area contributed by atoms with E-state index in [1.54, 1.807) is 25.3 Å². The fourth-order valence-electron chi connectivity index (χ4n) is 3.44. The number of aryl methyl sites for hydroxylation is 1. The summed E-state index contributed by atoms with van der Waals surface area (Å²) < 4.78 is 6.16. The largest absolute Gasteiger partial charge is 0.495 e. The van der Waals surface area contributed by atoms with Crippen molar-refractivity contribution in [2.45, 2.75) is 6.92 Å². The zero-order valence-corrected chi connectivity index (χ0v) is 19.3. The lowest BCUT2D eigenvalue weighted by Gasteiger charge is -2.07. The minimum atomic E-state index is -0.257. The van der Waals surface area contributed by atoms with Crippen LogP contribution in [0, 0.1) is 6.92 Å². The molecule has 0 unspecified atom stereocenters. The quantitative estimate of drug-likeness (QED) is 0.316. The number of amides is 1. The number of hydrogen-bond donors (Lipinski definition) is 1. The summed E-state index contributed by atoms with van der Waals surface area (Å²) in [7, 11) is 1.56. The van der Waals surface area contributed by atoms with Gasteiger partial charge in [-0.1, -0.05) is 41.4 Å². The lowest BCUT2D eigenvalue weighted by Crippen LogP contribution is -2.11. The van der Waals surface area contributed by atoms with Gasteiger partial charge in [0.25, 0.3) is 5.91 Å². The van der Waals surface area contributed by atoms with Crippen LogP contribution >= 0.6 is 34.5 Å². The molecule has 32 heavy (non-hydrogen) atoms. The number of benzene rings is 3. The van der Waals surface area contributed by atoms with E-state index >= 15 is 0 Å². The first-order valence-corrected chi connectivity index (χ1v) is 11.2. The molecule has 0 aliphatic rings. The Kier molecular flexibility index (Phi) is 5.25. The van der Waals surface area contributed by atoms with Gasteiger partial charge in [0, 0.05) is 15.8 Å². The molecule has 0 fully saturated rings. The van der Waals surface area contributed by atoms with E-state index in [-0.39, 0.29) is 5.91 Å². The molecule has 2 heterocycles. The molecule has 1 N–H and O–H groups in total. The van der Waals surface area contributed by atoms with Crippen LogP contribution in [0.4, 0.5) is 5.69 Å². The Morgan fingerprint density at radius 1 is 1.06 bits per heavy atom. The molecule has 5 rings (SSSR count). The van der Waals surface area contributed by atoms with Crippen molar-refractivity contribution in [3.8, 4) is 11.4 Å². The van der Waals surface area contributed by atoms with Crippen molar-refractivity contribution in [2.75, 3.05) is 12.4 Å². The zero-order valence-electron chi connectivity index (χ0n) is 17.0. The van der Waals surface area contributed by atoms with Gasteiger partial charge in [-0.2, -0.15) is 4.80 Å². The van der Waals surface area contributed by atoms with Crippen molar-refractivity contribution in [3.05, 3.63) is 75.1 Å². The molecule has 6 nitrogen and oxygen atoms in total. The van der Waals surface area contributed by atoms with E-state index in [0.29, 0.717) is 43.1 Å². The number of methoxy groups -OCH3 is 1. The van der Waals surface area contributed by atoms with Gasteiger partial charge in [0.1, 0.15) is 21.7 Å². The molecule has 0 spiro atoms. The molecule has 0 atom stereocenters. The number of carbonyl (C=O) groups excluding carboxylic acids is 1. The maximum atomic E-state index is 13.0. The minimum absolute atomic E-state index is 0.257. The minimum Gasteiger partial charge on any atom is -0.495 e. The zero-order chi connectivity index (χ0) is 22.4. The Morgan fingerprint density at radius 2 is 1.81 bits per heavy atom. The van der Waals surface area contributed by atoms with Gasteiger partial charge in [0.15, 0.2) is 0 Å². The average Bonchev–Trinajstić information content (AvgIpc) is 3.35. The van der Waals surface area contributed by atoms with Crippen LogP contribution in [0.1, 0.15) is 15.2 Å². The van der Waals surface area contributed by atoms with E-state index in [9.17, 15) is 4.79 Å². The van der Waals surface area contributed by atoms with E-state index in [1.165, 1.54) is 16.1 Å². The number of nitrogens with one attached hydrogen (secondary N) is 1. The van der Waals surface area contributed by atoms with Gasteiger partial charge < -0.3 is 10.1 Å². The van der Waals surface area contributed by atoms with E-state index in [1.807, 2.05) is 43.3 Å². The van der Waals surface area contributed by atoms with Crippen LogP contribution in [0.25, 0.3) is 26.8 Å². The van der Waals surface area contributed by atoms with E-state index in [2.05, 4.69) is 15.5 Å². The SMILES string of the molecule is COc1ccc(-n2nc3cc(C)c(NC(=O)c4sc5ccccc5c4Cl)cc3n2)cc1Cl. The number of carbonyl (C=O) groups is 1. The number of anilines is 1. The van der Waals surface area contributed by atoms with Crippen LogP contribution < -0.4 is 10.1 Å². The Hall–Kier alpha value is -3.13. The molecule has 0 saturated heterocycles. The van der Waals surface area contributed by atoms with Crippen LogP contribution in [-0.2, 0) is 0 Å². The third-order valence-corrected chi connectivity index (χ3v) is 7.05. The summed E-state index contributed by atoms with van der Waals surface area (Å²) in [5, 5.41) is 13.9. The number of hydrogen-bond acceptors (Lipinski definition) is 5. The Balaban J connectivity index is 1.48. The first kappa shape index (κ1) is 20.8. The molecule has 0 radical (unpaired) electrons.